The highest BCUT2D eigenvalue weighted by atomic mass is 32.2. The molecule has 2 rings (SSSR count). The smallest absolute Gasteiger partial charge is 0.225 e. The molecule has 0 radical (unpaired) electrons. The van der Waals surface area contributed by atoms with Crippen LogP contribution in [-0.2, 0) is 10.2 Å². The first-order valence-corrected chi connectivity index (χ1v) is 9.05. The predicted octanol–water partition coefficient (Wildman–Crippen LogP) is 5.11. The standard InChI is InChI=1S/C20H25NO2S/c1-20(2,3)17-7-5-6-8-18(17)21-19(22)13-14-24-16-11-9-15(23-4)10-12-16/h5-12H,13-14H2,1-4H3,(H,21,22). The van der Waals surface area contributed by atoms with Crippen molar-refractivity contribution in [1.82, 2.24) is 0 Å². The first-order chi connectivity index (χ1) is 11.4. The molecular weight excluding hydrogens is 318 g/mol. The summed E-state index contributed by atoms with van der Waals surface area (Å²) < 4.78 is 5.14. The van der Waals surface area contributed by atoms with Crippen LogP contribution < -0.4 is 10.1 Å². The van der Waals surface area contributed by atoms with Crippen molar-refractivity contribution in [2.75, 3.05) is 18.2 Å². The monoisotopic (exact) mass is 343 g/mol. The topological polar surface area (TPSA) is 38.3 Å². The summed E-state index contributed by atoms with van der Waals surface area (Å²) in [4.78, 5) is 13.4. The molecule has 1 N–H and O–H groups in total. The number of para-hydroxylation sites is 1. The zero-order chi connectivity index (χ0) is 17.6. The number of amides is 1. The Labute approximate surface area is 148 Å². The fourth-order valence-corrected chi connectivity index (χ4v) is 3.24. The summed E-state index contributed by atoms with van der Waals surface area (Å²) in [5.74, 6) is 1.64. The second-order valence-corrected chi connectivity index (χ2v) is 7.79. The van der Waals surface area contributed by atoms with E-state index < -0.39 is 0 Å². The van der Waals surface area contributed by atoms with Gasteiger partial charge in [-0.1, -0.05) is 39.0 Å². The molecule has 0 unspecified atom stereocenters. The van der Waals surface area contributed by atoms with Gasteiger partial charge in [-0.15, -0.1) is 11.8 Å². The lowest BCUT2D eigenvalue weighted by molar-refractivity contribution is -0.115. The van der Waals surface area contributed by atoms with Gasteiger partial charge in [0.25, 0.3) is 0 Å². The van der Waals surface area contributed by atoms with Gasteiger partial charge >= 0.3 is 0 Å². The number of carbonyl (C=O) groups excluding carboxylic acids is 1. The molecule has 0 aromatic heterocycles. The van der Waals surface area contributed by atoms with Crippen molar-refractivity contribution in [1.29, 1.82) is 0 Å². The molecule has 0 aliphatic heterocycles. The van der Waals surface area contributed by atoms with Crippen LogP contribution in [0.3, 0.4) is 0 Å². The molecule has 0 fully saturated rings. The summed E-state index contributed by atoms with van der Waals surface area (Å²) in [5, 5.41) is 3.05. The van der Waals surface area contributed by atoms with Crippen molar-refractivity contribution in [2.24, 2.45) is 0 Å². The number of nitrogens with one attached hydrogen (secondary N) is 1. The number of benzene rings is 2. The third-order valence-corrected chi connectivity index (χ3v) is 4.68. The number of thioether (sulfide) groups is 1. The summed E-state index contributed by atoms with van der Waals surface area (Å²) in [6.45, 7) is 6.45. The van der Waals surface area contributed by atoms with Crippen LogP contribution >= 0.6 is 11.8 Å². The molecule has 0 heterocycles. The van der Waals surface area contributed by atoms with Crippen LogP contribution in [0.1, 0.15) is 32.8 Å². The van der Waals surface area contributed by atoms with E-state index in [2.05, 4.69) is 32.2 Å². The molecule has 4 heteroatoms. The quantitative estimate of drug-likeness (QED) is 0.740. The van der Waals surface area contributed by atoms with Crippen molar-refractivity contribution < 1.29 is 9.53 Å². The van der Waals surface area contributed by atoms with E-state index >= 15 is 0 Å². The van der Waals surface area contributed by atoms with Crippen LogP contribution in [0, 0.1) is 0 Å². The van der Waals surface area contributed by atoms with Crippen LogP contribution in [-0.4, -0.2) is 18.8 Å². The van der Waals surface area contributed by atoms with E-state index in [-0.39, 0.29) is 11.3 Å². The Kier molecular flexibility index (Phi) is 6.32. The van der Waals surface area contributed by atoms with Gasteiger partial charge < -0.3 is 10.1 Å². The minimum atomic E-state index is 0.00170. The van der Waals surface area contributed by atoms with Gasteiger partial charge in [0.2, 0.25) is 5.91 Å². The third kappa shape index (κ3) is 5.31. The molecule has 0 spiro atoms. The highest BCUT2D eigenvalue weighted by Crippen LogP contribution is 2.29. The van der Waals surface area contributed by atoms with E-state index in [1.54, 1.807) is 18.9 Å². The third-order valence-electron chi connectivity index (χ3n) is 3.67. The van der Waals surface area contributed by atoms with Gasteiger partial charge in [0.05, 0.1) is 7.11 Å². The Morgan fingerprint density at radius 2 is 1.75 bits per heavy atom. The van der Waals surface area contributed by atoms with Gasteiger partial charge in [-0.05, 0) is 41.3 Å². The SMILES string of the molecule is COc1ccc(SCCC(=O)Nc2ccccc2C(C)(C)C)cc1. The minimum Gasteiger partial charge on any atom is -0.497 e. The summed E-state index contributed by atoms with van der Waals surface area (Å²) in [6.07, 6.45) is 0.481. The summed E-state index contributed by atoms with van der Waals surface area (Å²) >= 11 is 1.67. The van der Waals surface area contributed by atoms with Gasteiger partial charge in [0.1, 0.15) is 5.75 Å². The number of ether oxygens (including phenoxy) is 1. The lowest BCUT2D eigenvalue weighted by atomic mass is 9.86. The molecule has 0 bridgehead atoms. The maximum Gasteiger partial charge on any atom is 0.225 e. The fraction of sp³-hybridized carbons (Fsp3) is 0.350. The minimum absolute atomic E-state index is 0.00170. The van der Waals surface area contributed by atoms with E-state index in [0.29, 0.717) is 6.42 Å². The van der Waals surface area contributed by atoms with Crippen LogP contribution in [0.4, 0.5) is 5.69 Å². The summed E-state index contributed by atoms with van der Waals surface area (Å²) in [7, 11) is 1.65. The van der Waals surface area contributed by atoms with E-state index in [0.717, 1.165) is 27.6 Å². The molecule has 1 amide bonds. The average Bonchev–Trinajstić information content (AvgIpc) is 2.55. The lowest BCUT2D eigenvalue weighted by Gasteiger charge is -2.23. The molecule has 128 valence electrons. The van der Waals surface area contributed by atoms with E-state index in [1.807, 2.05) is 42.5 Å². The molecule has 2 aromatic carbocycles. The molecule has 0 aliphatic carbocycles. The second kappa shape index (κ2) is 8.25. The van der Waals surface area contributed by atoms with Crippen LogP contribution in [0.25, 0.3) is 0 Å². The van der Waals surface area contributed by atoms with Crippen LogP contribution in [0.2, 0.25) is 0 Å². The maximum absolute atomic E-state index is 12.2. The van der Waals surface area contributed by atoms with Gasteiger partial charge in [-0.25, -0.2) is 0 Å². The molecule has 0 atom stereocenters. The first-order valence-electron chi connectivity index (χ1n) is 8.06. The van der Waals surface area contributed by atoms with Crippen LogP contribution in [0.5, 0.6) is 5.75 Å². The zero-order valence-corrected chi connectivity index (χ0v) is 15.6. The molecule has 3 nitrogen and oxygen atoms in total. The summed E-state index contributed by atoms with van der Waals surface area (Å²) in [6, 6.07) is 15.9. The van der Waals surface area contributed by atoms with Crippen molar-refractivity contribution in [3.8, 4) is 5.75 Å². The molecule has 24 heavy (non-hydrogen) atoms. The molecular formula is C20H25NO2S. The number of methoxy groups -OCH3 is 1. The number of hydrogen-bond acceptors (Lipinski definition) is 3. The lowest BCUT2D eigenvalue weighted by Crippen LogP contribution is -2.18. The van der Waals surface area contributed by atoms with Gasteiger partial charge in [0, 0.05) is 22.8 Å². The normalized spacial score (nSPS) is 11.2. The first kappa shape index (κ1) is 18.4. The number of carbonyl (C=O) groups is 1. The predicted molar refractivity (Wildman–Crippen MR) is 102 cm³/mol. The largest absolute Gasteiger partial charge is 0.497 e. The Morgan fingerprint density at radius 3 is 2.38 bits per heavy atom. The molecule has 0 saturated heterocycles. The molecule has 2 aromatic rings. The van der Waals surface area contributed by atoms with E-state index in [1.165, 1.54) is 0 Å². The molecule has 0 saturated carbocycles. The number of anilines is 1. The Morgan fingerprint density at radius 1 is 1.08 bits per heavy atom. The van der Waals surface area contributed by atoms with E-state index in [4.69, 9.17) is 4.74 Å². The Hall–Kier alpha value is -1.94. The van der Waals surface area contributed by atoms with Gasteiger partial charge in [-0.3, -0.25) is 4.79 Å². The summed E-state index contributed by atoms with van der Waals surface area (Å²) in [5.41, 5.74) is 2.06. The number of rotatable bonds is 6. The zero-order valence-electron chi connectivity index (χ0n) is 14.8. The van der Waals surface area contributed by atoms with Crippen molar-refractivity contribution in [3.63, 3.8) is 0 Å². The van der Waals surface area contributed by atoms with Crippen molar-refractivity contribution in [2.45, 2.75) is 37.5 Å². The Balaban J connectivity index is 1.87. The molecule has 0 aliphatic rings. The second-order valence-electron chi connectivity index (χ2n) is 6.62. The van der Waals surface area contributed by atoms with E-state index in [9.17, 15) is 4.79 Å². The maximum atomic E-state index is 12.2. The van der Waals surface area contributed by atoms with Crippen molar-refractivity contribution >= 4 is 23.4 Å². The van der Waals surface area contributed by atoms with Crippen molar-refractivity contribution in [3.05, 3.63) is 54.1 Å². The number of hydrogen-bond donors (Lipinski definition) is 1. The Bertz CT molecular complexity index is 675. The van der Waals surface area contributed by atoms with Gasteiger partial charge in [-0.2, -0.15) is 0 Å². The average molecular weight is 343 g/mol. The fourth-order valence-electron chi connectivity index (χ4n) is 2.39. The van der Waals surface area contributed by atoms with Gasteiger partial charge in [0.15, 0.2) is 0 Å². The highest BCUT2D eigenvalue weighted by Gasteiger charge is 2.18. The highest BCUT2D eigenvalue weighted by molar-refractivity contribution is 7.99. The van der Waals surface area contributed by atoms with Crippen LogP contribution in [0.15, 0.2) is 53.4 Å².